The van der Waals surface area contributed by atoms with Gasteiger partial charge in [0.2, 0.25) is 10.0 Å². The second-order valence-electron chi connectivity index (χ2n) is 4.27. The number of nitrogens with zero attached hydrogens (tertiary/aromatic N) is 1. The average molecular weight is 356 g/mol. The van der Waals surface area contributed by atoms with E-state index in [9.17, 15) is 8.42 Å². The van der Waals surface area contributed by atoms with Crippen molar-refractivity contribution in [3.05, 3.63) is 28.2 Å². The summed E-state index contributed by atoms with van der Waals surface area (Å²) in [5.74, 6) is 0. The van der Waals surface area contributed by atoms with Crippen molar-refractivity contribution < 1.29 is 8.42 Å². The molecule has 102 valence electrons. The predicted octanol–water partition coefficient (Wildman–Crippen LogP) is 1.90. The maximum Gasteiger partial charge on any atom is 0.243 e. The van der Waals surface area contributed by atoms with E-state index in [-0.39, 0.29) is 18.4 Å². The van der Waals surface area contributed by atoms with Crippen molar-refractivity contribution in [1.82, 2.24) is 4.31 Å². The van der Waals surface area contributed by atoms with Gasteiger partial charge < -0.3 is 5.73 Å². The Morgan fingerprint density at radius 3 is 2.67 bits per heavy atom. The molecule has 0 aliphatic carbocycles. The van der Waals surface area contributed by atoms with Gasteiger partial charge in [-0.1, -0.05) is 22.0 Å². The zero-order valence-corrected chi connectivity index (χ0v) is 13.2. The van der Waals surface area contributed by atoms with Gasteiger partial charge in [0, 0.05) is 23.6 Å². The van der Waals surface area contributed by atoms with Crippen molar-refractivity contribution in [3.63, 3.8) is 0 Å². The fourth-order valence-corrected chi connectivity index (χ4v) is 4.23. The summed E-state index contributed by atoms with van der Waals surface area (Å²) < 4.78 is 27.1. The van der Waals surface area contributed by atoms with Crippen molar-refractivity contribution >= 4 is 38.4 Å². The van der Waals surface area contributed by atoms with E-state index in [1.54, 1.807) is 19.1 Å². The van der Waals surface area contributed by atoms with Crippen LogP contribution in [0, 0.1) is 6.92 Å². The molecule has 1 aromatic rings. The highest BCUT2D eigenvalue weighted by Crippen LogP contribution is 2.27. The lowest BCUT2D eigenvalue weighted by atomic mass is 10.2. The summed E-state index contributed by atoms with van der Waals surface area (Å²) in [6.07, 6.45) is 0.728. The molecule has 0 amide bonds. The van der Waals surface area contributed by atoms with Crippen LogP contribution in [-0.4, -0.2) is 31.9 Å². The molecule has 18 heavy (non-hydrogen) atoms. The van der Waals surface area contributed by atoms with Crippen LogP contribution in [0.3, 0.4) is 0 Å². The average Bonchev–Trinajstić information content (AvgIpc) is 2.69. The molecule has 1 unspecified atom stereocenters. The van der Waals surface area contributed by atoms with Gasteiger partial charge in [0.25, 0.3) is 0 Å². The summed E-state index contributed by atoms with van der Waals surface area (Å²) in [6, 6.07) is 5.17. The van der Waals surface area contributed by atoms with E-state index in [0.717, 1.165) is 16.5 Å². The number of sulfonamides is 1. The van der Waals surface area contributed by atoms with E-state index in [1.165, 1.54) is 4.31 Å². The third-order valence-electron chi connectivity index (χ3n) is 3.02. The minimum absolute atomic E-state index is 0. The number of halogens is 2. The lowest BCUT2D eigenvalue weighted by Crippen LogP contribution is -2.32. The van der Waals surface area contributed by atoms with Crippen molar-refractivity contribution in [2.24, 2.45) is 5.73 Å². The molecule has 0 spiro atoms. The molecule has 0 bridgehead atoms. The molecule has 0 radical (unpaired) electrons. The summed E-state index contributed by atoms with van der Waals surface area (Å²) in [6.45, 7) is 2.72. The van der Waals surface area contributed by atoms with E-state index in [2.05, 4.69) is 15.9 Å². The highest BCUT2D eigenvalue weighted by molar-refractivity contribution is 9.10. The zero-order valence-electron chi connectivity index (χ0n) is 9.97. The summed E-state index contributed by atoms with van der Waals surface area (Å²) >= 11 is 3.35. The Kier molecular flexibility index (Phi) is 5.20. The highest BCUT2D eigenvalue weighted by Gasteiger charge is 2.31. The van der Waals surface area contributed by atoms with Crippen LogP contribution in [0.1, 0.15) is 12.0 Å². The maximum atomic E-state index is 12.4. The standard InChI is InChI=1S/C11H15BrN2O2S.ClH/c1-8-10(12)3-2-4-11(8)17(15,16)14-6-5-9(13)7-14;/h2-4,9H,5-7,13H2,1H3;1H. The topological polar surface area (TPSA) is 63.4 Å². The molecule has 1 aliphatic heterocycles. The molecule has 1 saturated heterocycles. The van der Waals surface area contributed by atoms with Gasteiger partial charge in [-0.15, -0.1) is 12.4 Å². The Morgan fingerprint density at radius 1 is 1.44 bits per heavy atom. The van der Waals surface area contributed by atoms with Crippen molar-refractivity contribution in [2.75, 3.05) is 13.1 Å². The Labute approximate surface area is 122 Å². The van der Waals surface area contributed by atoms with Crippen LogP contribution < -0.4 is 5.73 Å². The summed E-state index contributed by atoms with van der Waals surface area (Å²) in [5.41, 5.74) is 6.50. The summed E-state index contributed by atoms with van der Waals surface area (Å²) in [5, 5.41) is 0. The summed E-state index contributed by atoms with van der Waals surface area (Å²) in [7, 11) is -3.40. The first kappa shape index (κ1) is 15.9. The smallest absolute Gasteiger partial charge is 0.243 e. The molecule has 1 atom stereocenters. The van der Waals surface area contributed by atoms with Crippen LogP contribution in [0.25, 0.3) is 0 Å². The Balaban J connectivity index is 0.00000162. The fourth-order valence-electron chi connectivity index (χ4n) is 1.98. The SMILES string of the molecule is Cc1c(Br)cccc1S(=O)(=O)N1CCC(N)C1.Cl. The predicted molar refractivity (Wildman–Crippen MR) is 77.5 cm³/mol. The first-order valence-electron chi connectivity index (χ1n) is 5.44. The third-order valence-corrected chi connectivity index (χ3v) is 5.89. The first-order chi connectivity index (χ1) is 7.93. The molecule has 1 aromatic carbocycles. The van der Waals surface area contributed by atoms with Crippen LogP contribution >= 0.6 is 28.3 Å². The molecule has 0 aromatic heterocycles. The molecular weight excluding hydrogens is 340 g/mol. The number of benzene rings is 1. The molecule has 4 nitrogen and oxygen atoms in total. The number of nitrogens with two attached hydrogens (primary N) is 1. The molecule has 2 N–H and O–H groups in total. The first-order valence-corrected chi connectivity index (χ1v) is 7.67. The van der Waals surface area contributed by atoms with Gasteiger partial charge >= 0.3 is 0 Å². The normalized spacial score (nSPS) is 20.7. The van der Waals surface area contributed by atoms with Gasteiger partial charge in [-0.2, -0.15) is 4.31 Å². The van der Waals surface area contributed by atoms with Crippen LogP contribution in [0.5, 0.6) is 0 Å². The van der Waals surface area contributed by atoms with E-state index >= 15 is 0 Å². The van der Waals surface area contributed by atoms with Crippen molar-refractivity contribution in [1.29, 1.82) is 0 Å². The second-order valence-corrected chi connectivity index (χ2v) is 7.04. The van der Waals surface area contributed by atoms with Crippen LogP contribution in [-0.2, 0) is 10.0 Å². The number of hydrogen-bond donors (Lipinski definition) is 1. The van der Waals surface area contributed by atoms with Crippen LogP contribution in [0.15, 0.2) is 27.6 Å². The monoisotopic (exact) mass is 354 g/mol. The molecule has 0 saturated carbocycles. The van der Waals surface area contributed by atoms with E-state index in [0.29, 0.717) is 18.0 Å². The molecular formula is C11H16BrClN2O2S. The molecule has 7 heteroatoms. The van der Waals surface area contributed by atoms with Gasteiger partial charge in [-0.3, -0.25) is 0 Å². The lowest BCUT2D eigenvalue weighted by molar-refractivity contribution is 0.472. The Morgan fingerprint density at radius 2 is 2.11 bits per heavy atom. The van der Waals surface area contributed by atoms with Crippen LogP contribution in [0.2, 0.25) is 0 Å². The van der Waals surface area contributed by atoms with E-state index < -0.39 is 10.0 Å². The highest BCUT2D eigenvalue weighted by atomic mass is 79.9. The molecule has 1 fully saturated rings. The van der Waals surface area contributed by atoms with Gasteiger partial charge in [-0.05, 0) is 31.0 Å². The van der Waals surface area contributed by atoms with Gasteiger partial charge in [0.05, 0.1) is 4.90 Å². The van der Waals surface area contributed by atoms with Crippen molar-refractivity contribution in [3.8, 4) is 0 Å². The van der Waals surface area contributed by atoms with Gasteiger partial charge in [0.15, 0.2) is 0 Å². The number of rotatable bonds is 2. The quantitative estimate of drug-likeness (QED) is 0.881. The zero-order chi connectivity index (χ0) is 12.6. The van der Waals surface area contributed by atoms with E-state index in [1.807, 2.05) is 6.07 Å². The fraction of sp³-hybridized carbons (Fsp3) is 0.455. The Bertz CT molecular complexity index is 536. The minimum Gasteiger partial charge on any atom is -0.326 e. The maximum absolute atomic E-state index is 12.4. The lowest BCUT2D eigenvalue weighted by Gasteiger charge is -2.17. The number of hydrogen-bond acceptors (Lipinski definition) is 3. The second kappa shape index (κ2) is 5.88. The molecule has 1 aliphatic rings. The summed E-state index contributed by atoms with van der Waals surface area (Å²) in [4.78, 5) is 0.362. The minimum atomic E-state index is -3.40. The largest absolute Gasteiger partial charge is 0.326 e. The van der Waals surface area contributed by atoms with Gasteiger partial charge in [-0.25, -0.2) is 8.42 Å². The van der Waals surface area contributed by atoms with E-state index in [4.69, 9.17) is 5.73 Å². The van der Waals surface area contributed by atoms with Crippen molar-refractivity contribution in [2.45, 2.75) is 24.3 Å². The third kappa shape index (κ3) is 2.88. The van der Waals surface area contributed by atoms with Gasteiger partial charge in [0.1, 0.15) is 0 Å². The van der Waals surface area contributed by atoms with Crippen LogP contribution in [0.4, 0.5) is 0 Å². The molecule has 1 heterocycles. The Hall–Kier alpha value is -0.140. The molecule has 2 rings (SSSR count).